The number of benzene rings is 1. The van der Waals surface area contributed by atoms with Crippen LogP contribution in [0.5, 0.6) is 0 Å². The third-order valence-corrected chi connectivity index (χ3v) is 2.86. The topological polar surface area (TPSA) is 75.6 Å². The maximum Gasteiger partial charge on any atom is 0.244 e. The van der Waals surface area contributed by atoms with E-state index in [4.69, 9.17) is 0 Å². The summed E-state index contributed by atoms with van der Waals surface area (Å²) in [5, 5.41) is 13.8. The average molecular weight is 296 g/mol. The Morgan fingerprint density at radius 2 is 1.95 bits per heavy atom. The van der Waals surface area contributed by atoms with Crippen molar-refractivity contribution in [2.24, 2.45) is 0 Å². The van der Waals surface area contributed by atoms with Crippen molar-refractivity contribution in [3.8, 4) is 0 Å². The monoisotopic (exact) mass is 296 g/mol. The van der Waals surface area contributed by atoms with Crippen LogP contribution in [-0.4, -0.2) is 20.2 Å². The predicted molar refractivity (Wildman–Crippen MR) is 81.1 cm³/mol. The second-order valence-electron chi connectivity index (χ2n) is 4.51. The molecule has 0 saturated heterocycles. The largest absolute Gasteiger partial charge is 0.349 e. The number of aromatic nitrogens is 4. The molecule has 0 atom stereocenters. The van der Waals surface area contributed by atoms with Gasteiger partial charge in [-0.1, -0.05) is 6.07 Å². The number of nitrogens with one attached hydrogen (secondary N) is 2. The molecule has 2 aromatic heterocycles. The molecule has 0 unspecified atom stereocenters. The van der Waals surface area contributed by atoms with Crippen molar-refractivity contribution < 1.29 is 4.39 Å². The van der Waals surface area contributed by atoms with Crippen LogP contribution in [0.15, 0.2) is 55.0 Å². The maximum atomic E-state index is 13.2. The van der Waals surface area contributed by atoms with Crippen molar-refractivity contribution in [2.45, 2.75) is 6.54 Å². The van der Waals surface area contributed by atoms with Gasteiger partial charge in [0.05, 0.1) is 6.20 Å². The first-order valence-electron chi connectivity index (χ1n) is 6.65. The number of pyridine rings is 1. The summed E-state index contributed by atoms with van der Waals surface area (Å²) in [6.45, 7) is 0.563. The van der Waals surface area contributed by atoms with Crippen LogP contribution in [0.1, 0.15) is 5.56 Å². The van der Waals surface area contributed by atoms with Crippen molar-refractivity contribution in [3.63, 3.8) is 0 Å². The molecular weight excluding hydrogens is 283 g/mol. The van der Waals surface area contributed by atoms with Crippen LogP contribution in [0, 0.1) is 5.82 Å². The number of halogens is 1. The highest BCUT2D eigenvalue weighted by Crippen LogP contribution is 2.15. The van der Waals surface area contributed by atoms with Crippen LogP contribution in [0.2, 0.25) is 0 Å². The van der Waals surface area contributed by atoms with Gasteiger partial charge in [0.1, 0.15) is 5.82 Å². The number of rotatable bonds is 5. The molecule has 110 valence electrons. The first-order valence-corrected chi connectivity index (χ1v) is 6.65. The van der Waals surface area contributed by atoms with Crippen molar-refractivity contribution in [3.05, 3.63) is 66.4 Å². The quantitative estimate of drug-likeness (QED) is 0.754. The zero-order valence-electron chi connectivity index (χ0n) is 11.6. The molecule has 0 fully saturated rings. The Hall–Kier alpha value is -3.09. The summed E-state index contributed by atoms with van der Waals surface area (Å²) < 4.78 is 13.2. The summed E-state index contributed by atoms with van der Waals surface area (Å²) in [5.41, 5.74) is 1.66. The average Bonchev–Trinajstić information content (AvgIpc) is 2.54. The summed E-state index contributed by atoms with van der Waals surface area (Å²) in [5.74, 6) is 0.555. The molecule has 0 saturated carbocycles. The Bertz CT molecular complexity index is 750. The second-order valence-corrected chi connectivity index (χ2v) is 4.51. The van der Waals surface area contributed by atoms with Gasteiger partial charge in [-0.25, -0.2) is 4.39 Å². The minimum atomic E-state index is -0.317. The fraction of sp³-hybridized carbons (Fsp3) is 0.0667. The Morgan fingerprint density at radius 1 is 1.09 bits per heavy atom. The molecule has 0 bridgehead atoms. The van der Waals surface area contributed by atoms with Crippen molar-refractivity contribution in [2.75, 3.05) is 10.6 Å². The van der Waals surface area contributed by atoms with E-state index in [1.165, 1.54) is 18.3 Å². The lowest BCUT2D eigenvalue weighted by Gasteiger charge is -2.07. The first kappa shape index (κ1) is 13.9. The zero-order valence-corrected chi connectivity index (χ0v) is 11.6. The van der Waals surface area contributed by atoms with E-state index < -0.39 is 0 Å². The van der Waals surface area contributed by atoms with Gasteiger partial charge in [-0.05, 0) is 35.9 Å². The van der Waals surface area contributed by atoms with E-state index in [0.717, 1.165) is 5.56 Å². The van der Waals surface area contributed by atoms with E-state index in [1.807, 2.05) is 12.1 Å². The standard InChI is InChI=1S/C15H13FN6/c16-12-2-1-3-13(8-12)20-14-10-19-22-15(21-14)18-9-11-4-6-17-7-5-11/h1-8,10H,9H2,(H2,18,20,21,22). The molecular formula is C15H13FN6. The van der Waals surface area contributed by atoms with Crippen molar-refractivity contribution in [1.82, 2.24) is 20.2 Å². The van der Waals surface area contributed by atoms with Crippen LogP contribution in [-0.2, 0) is 6.54 Å². The Balaban J connectivity index is 1.67. The summed E-state index contributed by atoms with van der Waals surface area (Å²) in [6, 6.07) is 9.92. The molecule has 0 aliphatic heterocycles. The SMILES string of the molecule is Fc1cccc(Nc2cnnc(NCc3ccncc3)n2)c1. The summed E-state index contributed by atoms with van der Waals surface area (Å²) >= 11 is 0. The molecule has 22 heavy (non-hydrogen) atoms. The van der Waals surface area contributed by atoms with E-state index in [2.05, 4.69) is 30.8 Å². The van der Waals surface area contributed by atoms with E-state index in [1.54, 1.807) is 24.5 Å². The molecule has 0 amide bonds. The van der Waals surface area contributed by atoms with Crippen LogP contribution in [0.4, 0.5) is 21.8 Å². The fourth-order valence-electron chi connectivity index (χ4n) is 1.83. The van der Waals surface area contributed by atoms with E-state index in [-0.39, 0.29) is 5.82 Å². The lowest BCUT2D eigenvalue weighted by Crippen LogP contribution is -2.06. The molecule has 3 aromatic rings. The highest BCUT2D eigenvalue weighted by atomic mass is 19.1. The molecule has 0 aliphatic carbocycles. The van der Waals surface area contributed by atoms with Gasteiger partial charge in [-0.15, -0.1) is 5.10 Å². The molecule has 0 radical (unpaired) electrons. The molecule has 7 heteroatoms. The van der Waals surface area contributed by atoms with Gasteiger partial charge in [-0.3, -0.25) is 4.98 Å². The molecule has 1 aromatic carbocycles. The first-order chi connectivity index (χ1) is 10.8. The molecule has 2 heterocycles. The molecule has 2 N–H and O–H groups in total. The molecule has 0 spiro atoms. The van der Waals surface area contributed by atoms with Crippen molar-refractivity contribution >= 4 is 17.5 Å². The Kier molecular flexibility index (Phi) is 4.15. The predicted octanol–water partition coefficient (Wildman–Crippen LogP) is 2.76. The third-order valence-electron chi connectivity index (χ3n) is 2.86. The minimum absolute atomic E-state index is 0.317. The highest BCUT2D eigenvalue weighted by molar-refractivity contribution is 5.55. The van der Waals surface area contributed by atoms with Gasteiger partial charge >= 0.3 is 0 Å². The third kappa shape index (κ3) is 3.72. The van der Waals surface area contributed by atoms with Gasteiger partial charge in [0.2, 0.25) is 5.95 Å². The lowest BCUT2D eigenvalue weighted by molar-refractivity contribution is 0.628. The van der Waals surface area contributed by atoms with Gasteiger partial charge in [0.25, 0.3) is 0 Å². The number of nitrogens with zero attached hydrogens (tertiary/aromatic N) is 4. The number of hydrogen-bond acceptors (Lipinski definition) is 6. The lowest BCUT2D eigenvalue weighted by atomic mass is 10.3. The van der Waals surface area contributed by atoms with Crippen molar-refractivity contribution in [1.29, 1.82) is 0 Å². The van der Waals surface area contributed by atoms with Gasteiger partial charge in [0, 0.05) is 24.6 Å². The number of hydrogen-bond donors (Lipinski definition) is 2. The van der Waals surface area contributed by atoms with E-state index in [9.17, 15) is 4.39 Å². The van der Waals surface area contributed by atoms with Crippen LogP contribution >= 0.6 is 0 Å². The molecule has 6 nitrogen and oxygen atoms in total. The summed E-state index contributed by atoms with van der Waals surface area (Å²) in [6.07, 6.45) is 4.92. The zero-order chi connectivity index (χ0) is 15.2. The Labute approximate surface area is 126 Å². The molecule has 0 aliphatic rings. The maximum absolute atomic E-state index is 13.2. The van der Waals surface area contributed by atoms with Crippen LogP contribution in [0.25, 0.3) is 0 Å². The smallest absolute Gasteiger partial charge is 0.244 e. The normalized spacial score (nSPS) is 10.2. The fourth-order valence-corrected chi connectivity index (χ4v) is 1.83. The summed E-state index contributed by atoms with van der Waals surface area (Å²) in [7, 11) is 0. The van der Waals surface area contributed by atoms with Gasteiger partial charge in [0.15, 0.2) is 5.82 Å². The second kappa shape index (κ2) is 6.57. The Morgan fingerprint density at radius 3 is 2.77 bits per heavy atom. The van der Waals surface area contributed by atoms with Gasteiger partial charge in [-0.2, -0.15) is 10.1 Å². The number of anilines is 3. The van der Waals surface area contributed by atoms with E-state index in [0.29, 0.717) is 24.0 Å². The highest BCUT2D eigenvalue weighted by Gasteiger charge is 2.02. The minimum Gasteiger partial charge on any atom is -0.349 e. The van der Waals surface area contributed by atoms with Gasteiger partial charge < -0.3 is 10.6 Å². The van der Waals surface area contributed by atoms with Crippen LogP contribution in [0.3, 0.4) is 0 Å². The van der Waals surface area contributed by atoms with E-state index >= 15 is 0 Å². The summed E-state index contributed by atoms with van der Waals surface area (Å²) in [4.78, 5) is 8.24. The molecule has 3 rings (SSSR count). The van der Waals surface area contributed by atoms with Crippen LogP contribution < -0.4 is 10.6 Å².